The lowest BCUT2D eigenvalue weighted by Gasteiger charge is -2.31. The van der Waals surface area contributed by atoms with Crippen molar-refractivity contribution in [3.8, 4) is 0 Å². The summed E-state index contributed by atoms with van der Waals surface area (Å²) >= 11 is 0. The summed E-state index contributed by atoms with van der Waals surface area (Å²) in [6, 6.07) is 2.12. The highest BCUT2D eigenvalue weighted by Gasteiger charge is 2.35. The van der Waals surface area contributed by atoms with E-state index in [1.54, 1.807) is 0 Å². The molecule has 1 aliphatic heterocycles. The standard InChI is InChI=1S/C16H26N2O3S/c1-12-9-15(13(2)21-12)11-18-7-5-14(6-8-18)10-17-22(19,20)16-3-4-16/h9,14,16-17H,3-8,10-11H2,1-2H3. The van der Waals surface area contributed by atoms with Crippen LogP contribution in [0.2, 0.25) is 0 Å². The summed E-state index contributed by atoms with van der Waals surface area (Å²) in [7, 11) is -3.03. The van der Waals surface area contributed by atoms with Crippen LogP contribution in [0.1, 0.15) is 42.8 Å². The Hall–Kier alpha value is -0.850. The molecule has 3 rings (SSSR count). The van der Waals surface area contributed by atoms with Crippen LogP contribution in [0.5, 0.6) is 0 Å². The summed E-state index contributed by atoms with van der Waals surface area (Å²) < 4.78 is 32.1. The SMILES string of the molecule is Cc1cc(CN2CCC(CNS(=O)(=O)C3CC3)CC2)c(C)o1. The summed E-state index contributed by atoms with van der Waals surface area (Å²) in [5.74, 6) is 2.45. The Bertz CT molecular complexity index is 611. The first-order chi connectivity index (χ1) is 10.4. The second kappa shape index (κ2) is 6.34. The van der Waals surface area contributed by atoms with Crippen LogP contribution < -0.4 is 4.72 Å². The topological polar surface area (TPSA) is 62.6 Å². The fraction of sp³-hybridized carbons (Fsp3) is 0.750. The molecule has 0 unspecified atom stereocenters. The van der Waals surface area contributed by atoms with Crippen molar-refractivity contribution in [3.63, 3.8) is 0 Å². The zero-order valence-corrected chi connectivity index (χ0v) is 14.3. The molecule has 6 heteroatoms. The molecule has 2 fully saturated rings. The normalized spacial score (nSPS) is 21.4. The molecule has 124 valence electrons. The number of piperidine rings is 1. The van der Waals surface area contributed by atoms with Gasteiger partial charge in [0.1, 0.15) is 11.5 Å². The average molecular weight is 326 g/mol. The van der Waals surface area contributed by atoms with Crippen LogP contribution in [0.3, 0.4) is 0 Å². The number of aryl methyl sites for hydroxylation is 2. The maximum atomic E-state index is 11.8. The molecule has 1 saturated heterocycles. The number of hydrogen-bond donors (Lipinski definition) is 1. The van der Waals surface area contributed by atoms with Gasteiger partial charge in [-0.1, -0.05) is 0 Å². The van der Waals surface area contributed by atoms with E-state index in [1.165, 1.54) is 5.56 Å². The molecule has 1 aliphatic carbocycles. The lowest BCUT2D eigenvalue weighted by Crippen LogP contribution is -2.39. The van der Waals surface area contributed by atoms with Crippen molar-refractivity contribution in [2.45, 2.75) is 51.3 Å². The Morgan fingerprint density at radius 2 is 1.91 bits per heavy atom. The van der Waals surface area contributed by atoms with Gasteiger partial charge in [-0.25, -0.2) is 13.1 Å². The third kappa shape index (κ3) is 3.91. The molecule has 0 amide bonds. The van der Waals surface area contributed by atoms with Crippen LogP contribution in [0.25, 0.3) is 0 Å². The Morgan fingerprint density at radius 3 is 2.45 bits per heavy atom. The van der Waals surface area contributed by atoms with E-state index >= 15 is 0 Å². The zero-order valence-electron chi connectivity index (χ0n) is 13.5. The Balaban J connectivity index is 1.43. The lowest BCUT2D eigenvalue weighted by atomic mass is 9.97. The maximum Gasteiger partial charge on any atom is 0.214 e. The van der Waals surface area contributed by atoms with E-state index in [4.69, 9.17) is 4.42 Å². The second-order valence-electron chi connectivity index (χ2n) is 6.75. The molecule has 22 heavy (non-hydrogen) atoms. The predicted octanol–water partition coefficient (Wildman–Crippen LogP) is 2.19. The number of rotatable bonds is 6. The van der Waals surface area contributed by atoms with Gasteiger partial charge in [0.05, 0.1) is 5.25 Å². The quantitative estimate of drug-likeness (QED) is 0.870. The molecule has 5 nitrogen and oxygen atoms in total. The molecule has 2 aliphatic rings. The van der Waals surface area contributed by atoms with E-state index < -0.39 is 10.0 Å². The zero-order chi connectivity index (χ0) is 15.7. The number of sulfonamides is 1. The number of nitrogens with zero attached hydrogens (tertiary/aromatic N) is 1. The van der Waals surface area contributed by atoms with Gasteiger partial charge in [0.2, 0.25) is 10.0 Å². The first kappa shape index (κ1) is 16.0. The number of furan rings is 1. The molecular formula is C16H26N2O3S. The van der Waals surface area contributed by atoms with Crippen molar-refractivity contribution < 1.29 is 12.8 Å². The van der Waals surface area contributed by atoms with E-state index in [2.05, 4.69) is 15.7 Å². The molecule has 0 atom stereocenters. The second-order valence-corrected chi connectivity index (χ2v) is 8.80. The largest absolute Gasteiger partial charge is 0.466 e. The van der Waals surface area contributed by atoms with Crippen LogP contribution in [0.15, 0.2) is 10.5 Å². The van der Waals surface area contributed by atoms with Gasteiger partial charge in [-0.05, 0) is 64.6 Å². The molecule has 2 heterocycles. The molecule has 1 aromatic heterocycles. The fourth-order valence-corrected chi connectivity index (χ4v) is 4.62. The molecule has 1 saturated carbocycles. The van der Waals surface area contributed by atoms with Gasteiger partial charge in [0, 0.05) is 18.7 Å². The third-order valence-corrected chi connectivity index (χ3v) is 6.70. The Kier molecular flexibility index (Phi) is 4.61. The summed E-state index contributed by atoms with van der Waals surface area (Å²) in [6.45, 7) is 7.59. The molecular weight excluding hydrogens is 300 g/mol. The fourth-order valence-electron chi connectivity index (χ4n) is 3.16. The van der Waals surface area contributed by atoms with E-state index in [0.29, 0.717) is 12.5 Å². The van der Waals surface area contributed by atoms with E-state index in [-0.39, 0.29) is 5.25 Å². The van der Waals surface area contributed by atoms with Crippen LogP contribution in [0, 0.1) is 19.8 Å². The van der Waals surface area contributed by atoms with Gasteiger partial charge in [0.15, 0.2) is 0 Å². The monoisotopic (exact) mass is 326 g/mol. The van der Waals surface area contributed by atoms with Gasteiger partial charge < -0.3 is 4.42 Å². The van der Waals surface area contributed by atoms with E-state index in [1.807, 2.05) is 13.8 Å². The van der Waals surface area contributed by atoms with Crippen molar-refractivity contribution >= 4 is 10.0 Å². The Labute approximate surface area is 133 Å². The highest BCUT2D eigenvalue weighted by Crippen LogP contribution is 2.28. The predicted molar refractivity (Wildman–Crippen MR) is 86.1 cm³/mol. The number of nitrogens with one attached hydrogen (secondary N) is 1. The number of hydrogen-bond acceptors (Lipinski definition) is 4. The van der Waals surface area contributed by atoms with Crippen molar-refractivity contribution in [3.05, 3.63) is 23.2 Å². The summed E-state index contributed by atoms with van der Waals surface area (Å²) in [4.78, 5) is 2.43. The highest BCUT2D eigenvalue weighted by molar-refractivity contribution is 7.90. The summed E-state index contributed by atoms with van der Waals surface area (Å²) in [6.07, 6.45) is 3.78. The minimum absolute atomic E-state index is 0.111. The summed E-state index contributed by atoms with van der Waals surface area (Å²) in [5.41, 5.74) is 1.27. The van der Waals surface area contributed by atoms with Gasteiger partial charge >= 0.3 is 0 Å². The lowest BCUT2D eigenvalue weighted by molar-refractivity contribution is 0.178. The average Bonchev–Trinajstić information content (AvgIpc) is 3.27. The molecule has 1 aromatic rings. The third-order valence-electron chi connectivity index (χ3n) is 4.78. The molecule has 0 aromatic carbocycles. The minimum atomic E-state index is -3.03. The highest BCUT2D eigenvalue weighted by atomic mass is 32.2. The van der Waals surface area contributed by atoms with Gasteiger partial charge in [-0.15, -0.1) is 0 Å². The first-order valence-corrected chi connectivity index (χ1v) is 9.75. The van der Waals surface area contributed by atoms with Gasteiger partial charge in [-0.2, -0.15) is 0 Å². The minimum Gasteiger partial charge on any atom is -0.466 e. The van der Waals surface area contributed by atoms with Crippen molar-refractivity contribution in [1.82, 2.24) is 9.62 Å². The van der Waals surface area contributed by atoms with Crippen LogP contribution in [-0.2, 0) is 16.6 Å². The summed E-state index contributed by atoms with van der Waals surface area (Å²) in [5, 5.41) is -0.111. The number of likely N-dealkylation sites (tertiary alicyclic amines) is 1. The van der Waals surface area contributed by atoms with Crippen LogP contribution in [0.4, 0.5) is 0 Å². The van der Waals surface area contributed by atoms with Crippen LogP contribution >= 0.6 is 0 Å². The van der Waals surface area contributed by atoms with Crippen molar-refractivity contribution in [1.29, 1.82) is 0 Å². The van der Waals surface area contributed by atoms with Crippen molar-refractivity contribution in [2.75, 3.05) is 19.6 Å². The smallest absolute Gasteiger partial charge is 0.214 e. The van der Waals surface area contributed by atoms with E-state index in [9.17, 15) is 8.42 Å². The van der Waals surface area contributed by atoms with Crippen LogP contribution in [-0.4, -0.2) is 38.2 Å². The van der Waals surface area contributed by atoms with E-state index in [0.717, 1.165) is 56.8 Å². The molecule has 0 bridgehead atoms. The Morgan fingerprint density at radius 1 is 1.23 bits per heavy atom. The maximum absolute atomic E-state index is 11.8. The van der Waals surface area contributed by atoms with Crippen molar-refractivity contribution in [2.24, 2.45) is 5.92 Å². The molecule has 0 spiro atoms. The van der Waals surface area contributed by atoms with Gasteiger partial charge in [-0.3, -0.25) is 4.90 Å². The first-order valence-electron chi connectivity index (χ1n) is 8.21. The molecule has 1 N–H and O–H groups in total. The van der Waals surface area contributed by atoms with Gasteiger partial charge in [0.25, 0.3) is 0 Å². The molecule has 0 radical (unpaired) electrons.